The van der Waals surface area contributed by atoms with Gasteiger partial charge in [0.25, 0.3) is 0 Å². The van der Waals surface area contributed by atoms with Gasteiger partial charge in [-0.25, -0.2) is 0 Å². The van der Waals surface area contributed by atoms with Crippen LogP contribution >= 0.6 is 11.8 Å². The summed E-state index contributed by atoms with van der Waals surface area (Å²) in [4.78, 5) is 1.15. The Hall–Kier alpha value is -0.445. The lowest BCUT2D eigenvalue weighted by molar-refractivity contribution is 0.425. The predicted molar refractivity (Wildman–Crippen MR) is 64.4 cm³/mol. The Bertz CT molecular complexity index is 324. The first kappa shape index (κ1) is 11.1. The van der Waals surface area contributed by atoms with Crippen molar-refractivity contribution in [1.82, 2.24) is 0 Å². The molecule has 2 nitrogen and oxygen atoms in total. The fourth-order valence-electron chi connectivity index (χ4n) is 1.95. The van der Waals surface area contributed by atoms with Crippen molar-refractivity contribution in [2.24, 2.45) is 0 Å². The zero-order valence-electron chi connectivity index (χ0n) is 8.60. The third kappa shape index (κ3) is 3.00. The first-order chi connectivity index (χ1) is 7.25. The van der Waals surface area contributed by atoms with Crippen LogP contribution in [-0.4, -0.2) is 22.4 Å². The molecule has 1 aliphatic carbocycles. The van der Waals surface area contributed by atoms with Gasteiger partial charge in [-0.05, 0) is 30.4 Å². The lowest BCUT2D eigenvalue weighted by Crippen LogP contribution is -2.29. The summed E-state index contributed by atoms with van der Waals surface area (Å²) in [5, 5.41) is 18.8. The van der Waals surface area contributed by atoms with Crippen LogP contribution in [0.3, 0.4) is 0 Å². The number of thioether (sulfide) groups is 1. The van der Waals surface area contributed by atoms with Gasteiger partial charge >= 0.3 is 7.12 Å². The zero-order chi connectivity index (χ0) is 10.7. The first-order valence-electron chi connectivity index (χ1n) is 5.38. The number of hydrogen-bond acceptors (Lipinski definition) is 3. The van der Waals surface area contributed by atoms with E-state index in [2.05, 4.69) is 0 Å². The van der Waals surface area contributed by atoms with Gasteiger partial charge in [-0.15, -0.1) is 11.8 Å². The molecule has 0 radical (unpaired) electrons. The summed E-state index contributed by atoms with van der Waals surface area (Å²) in [7, 11) is -1.35. The first-order valence-corrected chi connectivity index (χ1v) is 6.26. The number of rotatable bonds is 3. The van der Waals surface area contributed by atoms with Crippen LogP contribution in [0.1, 0.15) is 25.7 Å². The van der Waals surface area contributed by atoms with Crippen LogP contribution in [0.4, 0.5) is 0 Å². The van der Waals surface area contributed by atoms with E-state index in [0.717, 1.165) is 10.1 Å². The molecule has 0 spiro atoms. The highest BCUT2D eigenvalue weighted by Gasteiger charge is 2.17. The average molecular weight is 222 g/mol. The minimum Gasteiger partial charge on any atom is -0.423 e. The average Bonchev–Trinajstić information content (AvgIpc) is 2.71. The molecule has 2 rings (SSSR count). The van der Waals surface area contributed by atoms with Crippen molar-refractivity contribution in [2.75, 3.05) is 0 Å². The highest BCUT2D eigenvalue weighted by atomic mass is 32.2. The van der Waals surface area contributed by atoms with E-state index in [1.807, 2.05) is 30.0 Å². The predicted octanol–water partition coefficient (Wildman–Crippen LogP) is 1.40. The zero-order valence-corrected chi connectivity index (χ0v) is 9.41. The van der Waals surface area contributed by atoms with Gasteiger partial charge in [0.2, 0.25) is 0 Å². The minimum absolute atomic E-state index is 0.581. The second-order valence-corrected chi connectivity index (χ2v) is 5.34. The Balaban J connectivity index is 2.04. The molecule has 2 N–H and O–H groups in total. The van der Waals surface area contributed by atoms with E-state index in [-0.39, 0.29) is 0 Å². The fraction of sp³-hybridized carbons (Fsp3) is 0.455. The molecular weight excluding hydrogens is 207 g/mol. The van der Waals surface area contributed by atoms with Crippen LogP contribution in [0.25, 0.3) is 0 Å². The van der Waals surface area contributed by atoms with Crippen molar-refractivity contribution in [3.63, 3.8) is 0 Å². The topological polar surface area (TPSA) is 40.5 Å². The Kier molecular flexibility index (Phi) is 3.73. The molecule has 0 aromatic heterocycles. The van der Waals surface area contributed by atoms with Crippen LogP contribution in [0, 0.1) is 0 Å². The highest BCUT2D eigenvalue weighted by Crippen LogP contribution is 2.34. The Morgan fingerprint density at radius 2 is 1.93 bits per heavy atom. The van der Waals surface area contributed by atoms with Gasteiger partial charge in [-0.3, -0.25) is 0 Å². The molecule has 1 aromatic rings. The van der Waals surface area contributed by atoms with E-state index < -0.39 is 7.12 Å². The van der Waals surface area contributed by atoms with Gasteiger partial charge in [-0.1, -0.05) is 25.0 Å². The van der Waals surface area contributed by atoms with Gasteiger partial charge in [0.05, 0.1) is 0 Å². The van der Waals surface area contributed by atoms with Gasteiger partial charge in [0.1, 0.15) is 0 Å². The Labute approximate surface area is 94.9 Å². The molecule has 1 aromatic carbocycles. The van der Waals surface area contributed by atoms with Gasteiger partial charge in [0.15, 0.2) is 0 Å². The van der Waals surface area contributed by atoms with Crippen LogP contribution in [0.15, 0.2) is 29.2 Å². The van der Waals surface area contributed by atoms with E-state index >= 15 is 0 Å². The second-order valence-electron chi connectivity index (χ2n) is 3.97. The molecular formula is C11H15BO2S. The van der Waals surface area contributed by atoms with Crippen LogP contribution in [0.5, 0.6) is 0 Å². The lowest BCUT2D eigenvalue weighted by Gasteiger charge is -2.09. The van der Waals surface area contributed by atoms with Gasteiger partial charge in [0, 0.05) is 10.1 Å². The summed E-state index contributed by atoms with van der Waals surface area (Å²) in [6, 6.07) is 7.53. The normalized spacial score (nSPS) is 16.9. The highest BCUT2D eigenvalue weighted by molar-refractivity contribution is 8.00. The standard InChI is InChI=1S/C11H15BO2S/c13-12(14)9-4-3-7-11(8-9)15-10-5-1-2-6-10/h3-4,7-8,10,13-14H,1-2,5-6H2. The fourth-order valence-corrected chi connectivity index (χ4v) is 3.26. The maximum atomic E-state index is 9.06. The van der Waals surface area contributed by atoms with E-state index in [1.165, 1.54) is 25.7 Å². The van der Waals surface area contributed by atoms with Crippen molar-refractivity contribution in [3.05, 3.63) is 24.3 Å². The monoisotopic (exact) mass is 222 g/mol. The molecule has 80 valence electrons. The van der Waals surface area contributed by atoms with Gasteiger partial charge < -0.3 is 10.0 Å². The number of hydrogen-bond donors (Lipinski definition) is 2. The van der Waals surface area contributed by atoms with Crippen LogP contribution in [0.2, 0.25) is 0 Å². The summed E-state index contributed by atoms with van der Waals surface area (Å²) < 4.78 is 0. The summed E-state index contributed by atoms with van der Waals surface area (Å²) in [5.74, 6) is 0. The molecule has 1 fully saturated rings. The maximum Gasteiger partial charge on any atom is 0.488 e. The van der Waals surface area contributed by atoms with E-state index in [4.69, 9.17) is 10.0 Å². The van der Waals surface area contributed by atoms with Crippen molar-refractivity contribution in [3.8, 4) is 0 Å². The quantitative estimate of drug-likeness (QED) is 0.759. The SMILES string of the molecule is OB(O)c1cccc(SC2CCCC2)c1. The molecule has 0 aliphatic heterocycles. The molecule has 1 saturated carbocycles. The largest absolute Gasteiger partial charge is 0.488 e. The molecule has 15 heavy (non-hydrogen) atoms. The summed E-state index contributed by atoms with van der Waals surface area (Å²) in [6.07, 6.45) is 5.24. The molecule has 0 unspecified atom stereocenters. The van der Waals surface area contributed by atoms with Gasteiger partial charge in [-0.2, -0.15) is 0 Å². The third-order valence-electron chi connectivity index (χ3n) is 2.76. The summed E-state index contributed by atoms with van der Waals surface area (Å²) >= 11 is 1.86. The second kappa shape index (κ2) is 5.06. The Morgan fingerprint density at radius 3 is 2.60 bits per heavy atom. The molecule has 1 aliphatic rings. The van der Waals surface area contributed by atoms with E-state index in [9.17, 15) is 0 Å². The Morgan fingerprint density at radius 1 is 1.20 bits per heavy atom. The number of benzene rings is 1. The lowest BCUT2D eigenvalue weighted by atomic mass is 9.80. The minimum atomic E-state index is -1.35. The van der Waals surface area contributed by atoms with Crippen molar-refractivity contribution in [1.29, 1.82) is 0 Å². The van der Waals surface area contributed by atoms with E-state index in [0.29, 0.717) is 5.46 Å². The summed E-state index contributed by atoms with van der Waals surface area (Å²) in [6.45, 7) is 0. The van der Waals surface area contributed by atoms with Crippen LogP contribution in [-0.2, 0) is 0 Å². The summed E-state index contributed by atoms with van der Waals surface area (Å²) in [5.41, 5.74) is 0.581. The molecule has 0 atom stereocenters. The molecule has 0 amide bonds. The van der Waals surface area contributed by atoms with Crippen molar-refractivity contribution in [2.45, 2.75) is 35.8 Å². The maximum absolute atomic E-state index is 9.06. The smallest absolute Gasteiger partial charge is 0.423 e. The van der Waals surface area contributed by atoms with Crippen molar-refractivity contribution >= 4 is 24.3 Å². The van der Waals surface area contributed by atoms with Crippen molar-refractivity contribution < 1.29 is 10.0 Å². The van der Waals surface area contributed by atoms with Crippen LogP contribution < -0.4 is 5.46 Å². The third-order valence-corrected chi connectivity index (χ3v) is 4.09. The molecule has 0 heterocycles. The molecule has 0 saturated heterocycles. The molecule has 0 bridgehead atoms. The van der Waals surface area contributed by atoms with E-state index in [1.54, 1.807) is 6.07 Å². The molecule has 4 heteroatoms.